The second kappa shape index (κ2) is 14.6. The molecule has 0 unspecified atom stereocenters. The number of benzene rings is 1. The normalized spacial score (nSPS) is 17.2. The quantitative estimate of drug-likeness (QED) is 0.331. The van der Waals surface area contributed by atoms with Crippen molar-refractivity contribution in [1.29, 1.82) is 0 Å². The predicted octanol–water partition coefficient (Wildman–Crippen LogP) is 5.80. The zero-order chi connectivity index (χ0) is 26.7. The molecule has 0 N–H and O–H groups in total. The Hall–Kier alpha value is -2.44. The second-order valence-corrected chi connectivity index (χ2v) is 11.5. The van der Waals surface area contributed by atoms with E-state index in [9.17, 15) is 4.79 Å². The Morgan fingerprint density at radius 2 is 1.71 bits per heavy atom. The molecule has 0 saturated carbocycles. The van der Waals surface area contributed by atoms with Gasteiger partial charge in [-0.25, -0.2) is 0 Å². The van der Waals surface area contributed by atoms with Gasteiger partial charge in [-0.3, -0.25) is 9.78 Å². The third kappa shape index (κ3) is 8.28. The molecule has 208 valence electrons. The Kier molecular flexibility index (Phi) is 11.0. The van der Waals surface area contributed by atoms with Gasteiger partial charge in [-0.2, -0.15) is 0 Å². The van der Waals surface area contributed by atoms with Crippen LogP contribution in [0.1, 0.15) is 80.9 Å². The first-order valence-corrected chi connectivity index (χ1v) is 14.9. The zero-order valence-electron chi connectivity index (χ0n) is 23.9. The van der Waals surface area contributed by atoms with Gasteiger partial charge in [0.25, 0.3) is 5.91 Å². The molecule has 4 rings (SSSR count). The lowest BCUT2D eigenvalue weighted by molar-refractivity contribution is 0.0540. The molecule has 2 aromatic rings. The average Bonchev–Trinajstić information content (AvgIpc) is 2.96. The number of piperidine rings is 1. The molecule has 2 fully saturated rings. The van der Waals surface area contributed by atoms with Crippen molar-refractivity contribution in [2.75, 3.05) is 50.8 Å². The molecule has 0 atom stereocenters. The molecular weight excluding hydrogens is 472 g/mol. The second-order valence-electron chi connectivity index (χ2n) is 11.5. The lowest BCUT2D eigenvalue weighted by Gasteiger charge is -2.39. The number of unbranched alkanes of at least 4 members (excludes halogenated alkanes) is 2. The maximum Gasteiger partial charge on any atom is 0.272 e. The lowest BCUT2D eigenvalue weighted by atomic mass is 10.00. The molecule has 1 aromatic heterocycles. The van der Waals surface area contributed by atoms with Crippen LogP contribution < -0.4 is 4.90 Å². The summed E-state index contributed by atoms with van der Waals surface area (Å²) in [7, 11) is 0. The van der Waals surface area contributed by atoms with Gasteiger partial charge in [0.1, 0.15) is 5.69 Å². The van der Waals surface area contributed by atoms with Gasteiger partial charge in [-0.1, -0.05) is 51.8 Å². The van der Waals surface area contributed by atoms with Crippen molar-refractivity contribution in [2.24, 2.45) is 5.92 Å². The Morgan fingerprint density at radius 3 is 2.34 bits per heavy atom. The molecule has 3 heterocycles. The fraction of sp³-hybridized carbons (Fsp3) is 0.625. The van der Waals surface area contributed by atoms with Crippen LogP contribution in [0.3, 0.4) is 0 Å². The van der Waals surface area contributed by atoms with Crippen LogP contribution in [0, 0.1) is 5.92 Å². The van der Waals surface area contributed by atoms with Crippen molar-refractivity contribution in [2.45, 2.75) is 78.3 Å². The van der Waals surface area contributed by atoms with Gasteiger partial charge in [0.2, 0.25) is 0 Å². The van der Waals surface area contributed by atoms with E-state index in [0.29, 0.717) is 12.2 Å². The molecule has 6 heteroatoms. The maximum atomic E-state index is 13.9. The van der Waals surface area contributed by atoms with E-state index in [-0.39, 0.29) is 11.9 Å². The molecular formula is C32H48N4O2. The van der Waals surface area contributed by atoms with Gasteiger partial charge >= 0.3 is 0 Å². The standard InChI is InChI=1S/C32H48N4O2/c1-4-5-6-7-27-10-13-31(33-24-27)32(37)36(30-15-18-34(19-16-30)17-14-26(2)3)25-28-8-11-29(12-9-28)35-20-22-38-23-21-35/h8-13,24,26,30H,4-7,14-23,25H2,1-3H3. The number of aromatic nitrogens is 1. The first-order valence-electron chi connectivity index (χ1n) is 14.9. The molecule has 6 nitrogen and oxygen atoms in total. The lowest BCUT2D eigenvalue weighted by Crippen LogP contribution is -2.47. The first-order chi connectivity index (χ1) is 18.5. The van der Waals surface area contributed by atoms with Crippen molar-refractivity contribution < 1.29 is 9.53 Å². The third-order valence-corrected chi connectivity index (χ3v) is 8.06. The number of pyridine rings is 1. The van der Waals surface area contributed by atoms with E-state index in [1.165, 1.54) is 42.5 Å². The largest absolute Gasteiger partial charge is 0.378 e. The van der Waals surface area contributed by atoms with E-state index in [2.05, 4.69) is 70.8 Å². The fourth-order valence-electron chi connectivity index (χ4n) is 5.52. The maximum absolute atomic E-state index is 13.9. The highest BCUT2D eigenvalue weighted by molar-refractivity contribution is 5.92. The van der Waals surface area contributed by atoms with Gasteiger partial charge in [-0.05, 0) is 73.9 Å². The van der Waals surface area contributed by atoms with Crippen molar-refractivity contribution in [1.82, 2.24) is 14.8 Å². The molecule has 2 aliphatic heterocycles. The van der Waals surface area contributed by atoms with Gasteiger partial charge in [0, 0.05) is 50.6 Å². The van der Waals surface area contributed by atoms with E-state index in [4.69, 9.17) is 4.74 Å². The number of likely N-dealkylation sites (tertiary alicyclic amines) is 1. The van der Waals surface area contributed by atoms with Crippen LogP contribution in [-0.4, -0.2) is 72.7 Å². The highest BCUT2D eigenvalue weighted by Crippen LogP contribution is 2.24. The molecule has 2 aliphatic rings. The monoisotopic (exact) mass is 520 g/mol. The minimum Gasteiger partial charge on any atom is -0.378 e. The van der Waals surface area contributed by atoms with Gasteiger partial charge in [0.15, 0.2) is 0 Å². The van der Waals surface area contributed by atoms with Crippen molar-refractivity contribution in [3.63, 3.8) is 0 Å². The first kappa shape index (κ1) is 28.6. The van der Waals surface area contributed by atoms with Gasteiger partial charge in [0.05, 0.1) is 13.2 Å². The molecule has 0 aliphatic carbocycles. The van der Waals surface area contributed by atoms with Crippen molar-refractivity contribution in [3.05, 3.63) is 59.4 Å². The molecule has 1 aromatic carbocycles. The number of amides is 1. The highest BCUT2D eigenvalue weighted by Gasteiger charge is 2.29. The topological polar surface area (TPSA) is 48.9 Å². The number of rotatable bonds is 12. The zero-order valence-corrected chi connectivity index (χ0v) is 23.9. The number of anilines is 1. The third-order valence-electron chi connectivity index (χ3n) is 8.06. The summed E-state index contributed by atoms with van der Waals surface area (Å²) in [6, 6.07) is 13.0. The van der Waals surface area contributed by atoms with Crippen LogP contribution in [-0.2, 0) is 17.7 Å². The number of hydrogen-bond donors (Lipinski definition) is 0. The molecule has 0 bridgehead atoms. The summed E-state index contributed by atoms with van der Waals surface area (Å²) < 4.78 is 5.50. The number of aryl methyl sites for hydroxylation is 1. The van der Waals surface area contributed by atoms with Crippen LogP contribution in [0.15, 0.2) is 42.6 Å². The number of carbonyl (C=O) groups is 1. The van der Waals surface area contributed by atoms with Crippen molar-refractivity contribution >= 4 is 11.6 Å². The summed E-state index contributed by atoms with van der Waals surface area (Å²) in [6.07, 6.45) is 9.83. The van der Waals surface area contributed by atoms with E-state index in [1.807, 2.05) is 12.3 Å². The minimum atomic E-state index is 0.0583. The summed E-state index contributed by atoms with van der Waals surface area (Å²) >= 11 is 0. The number of ether oxygens (including phenoxy) is 1. The summed E-state index contributed by atoms with van der Waals surface area (Å²) in [5.41, 5.74) is 4.19. The summed E-state index contributed by atoms with van der Waals surface area (Å²) in [5.74, 6) is 0.783. The SMILES string of the molecule is CCCCCc1ccc(C(=O)N(Cc2ccc(N3CCOCC3)cc2)C2CCN(CCC(C)C)CC2)nc1. The molecule has 2 saturated heterocycles. The number of hydrogen-bond acceptors (Lipinski definition) is 5. The Morgan fingerprint density at radius 1 is 1.00 bits per heavy atom. The fourth-order valence-corrected chi connectivity index (χ4v) is 5.52. The van der Waals surface area contributed by atoms with E-state index >= 15 is 0 Å². The smallest absolute Gasteiger partial charge is 0.272 e. The predicted molar refractivity (Wildman–Crippen MR) is 156 cm³/mol. The summed E-state index contributed by atoms with van der Waals surface area (Å²) in [5, 5.41) is 0. The van der Waals surface area contributed by atoms with E-state index in [0.717, 1.165) is 71.1 Å². The van der Waals surface area contributed by atoms with Crippen LogP contribution >= 0.6 is 0 Å². The van der Waals surface area contributed by atoms with E-state index in [1.54, 1.807) is 0 Å². The average molecular weight is 521 g/mol. The summed E-state index contributed by atoms with van der Waals surface area (Å²) in [6.45, 7) is 14.1. The summed E-state index contributed by atoms with van der Waals surface area (Å²) in [4.78, 5) is 25.5. The molecule has 0 radical (unpaired) electrons. The number of nitrogens with zero attached hydrogens (tertiary/aromatic N) is 4. The number of carbonyl (C=O) groups excluding carboxylic acids is 1. The van der Waals surface area contributed by atoms with Crippen LogP contribution in [0.5, 0.6) is 0 Å². The van der Waals surface area contributed by atoms with E-state index < -0.39 is 0 Å². The highest BCUT2D eigenvalue weighted by atomic mass is 16.5. The van der Waals surface area contributed by atoms with Gasteiger partial charge in [-0.15, -0.1) is 0 Å². The number of morpholine rings is 1. The van der Waals surface area contributed by atoms with Crippen molar-refractivity contribution in [3.8, 4) is 0 Å². The molecule has 0 spiro atoms. The van der Waals surface area contributed by atoms with Crippen LogP contribution in [0.2, 0.25) is 0 Å². The molecule has 1 amide bonds. The van der Waals surface area contributed by atoms with Crippen LogP contribution in [0.25, 0.3) is 0 Å². The van der Waals surface area contributed by atoms with Crippen LogP contribution in [0.4, 0.5) is 5.69 Å². The Balaban J connectivity index is 1.45. The van der Waals surface area contributed by atoms with Gasteiger partial charge < -0.3 is 19.4 Å². The Labute approximate surface area is 230 Å². The Bertz CT molecular complexity index is 962. The molecule has 38 heavy (non-hydrogen) atoms. The minimum absolute atomic E-state index is 0.0583.